The summed E-state index contributed by atoms with van der Waals surface area (Å²) in [6.07, 6.45) is 0.698. The quantitative estimate of drug-likeness (QED) is 0.237. The van der Waals surface area contributed by atoms with Crippen LogP contribution in [0, 0.1) is 11.7 Å². The Bertz CT molecular complexity index is 1580. The minimum Gasteiger partial charge on any atom is -0.457 e. The lowest BCUT2D eigenvalue weighted by Gasteiger charge is -2.30. The van der Waals surface area contributed by atoms with Crippen molar-refractivity contribution in [1.29, 1.82) is 0 Å². The standard InChI is InChI=1S/C31H30ClFN2O3S/c1-21(2)16-26-20-35(25-9-5-4-6-10-25)29-19-30(38-27-11-7-8-23(32)17-27)28(22-12-14-24(33)15-13-22)18-31(29)39(36,37)34(26)3/h4-15,17-19,21,26H,16,20H2,1-3H3/t26-/m1/s1. The fourth-order valence-corrected chi connectivity index (χ4v) is 6.69. The molecule has 0 saturated heterocycles. The van der Waals surface area contributed by atoms with E-state index in [4.69, 9.17) is 16.3 Å². The molecule has 1 aliphatic heterocycles. The Kier molecular flexibility index (Phi) is 7.67. The molecule has 0 saturated carbocycles. The number of hydrogen-bond donors (Lipinski definition) is 0. The Balaban J connectivity index is 1.77. The Morgan fingerprint density at radius 1 is 0.974 bits per heavy atom. The van der Waals surface area contributed by atoms with Crippen molar-refractivity contribution >= 4 is 33.0 Å². The largest absolute Gasteiger partial charge is 0.457 e. The van der Waals surface area contributed by atoms with Gasteiger partial charge >= 0.3 is 0 Å². The van der Waals surface area contributed by atoms with E-state index >= 15 is 0 Å². The molecule has 1 aliphatic rings. The highest BCUT2D eigenvalue weighted by Gasteiger charge is 2.38. The number of likely N-dealkylation sites (N-methyl/N-ethyl adjacent to an activating group) is 1. The molecule has 5 rings (SSSR count). The van der Waals surface area contributed by atoms with Crippen LogP contribution >= 0.6 is 11.6 Å². The summed E-state index contributed by atoms with van der Waals surface area (Å²) in [6, 6.07) is 25.8. The second-order valence-corrected chi connectivity index (χ2v) is 12.5. The third-order valence-electron chi connectivity index (χ3n) is 6.91. The van der Waals surface area contributed by atoms with E-state index in [-0.39, 0.29) is 16.8 Å². The number of rotatable bonds is 6. The maximum atomic E-state index is 14.1. The molecule has 4 aromatic rings. The van der Waals surface area contributed by atoms with Crippen LogP contribution in [0.3, 0.4) is 0 Å². The van der Waals surface area contributed by atoms with Gasteiger partial charge in [0, 0.05) is 42.0 Å². The lowest BCUT2D eigenvalue weighted by atomic mass is 10.0. The normalized spacial score (nSPS) is 17.1. The van der Waals surface area contributed by atoms with Crippen molar-refractivity contribution in [3.63, 3.8) is 0 Å². The summed E-state index contributed by atoms with van der Waals surface area (Å²) in [5, 5.41) is 0.511. The van der Waals surface area contributed by atoms with Crippen LogP contribution in [0.4, 0.5) is 15.8 Å². The summed E-state index contributed by atoms with van der Waals surface area (Å²) in [4.78, 5) is 2.21. The predicted molar refractivity (Wildman–Crippen MR) is 155 cm³/mol. The lowest BCUT2D eigenvalue weighted by molar-refractivity contribution is 0.326. The SMILES string of the molecule is CC(C)C[C@@H]1CN(c2ccccc2)c2cc(Oc3cccc(Cl)c3)c(-c3ccc(F)cc3)cc2S(=O)(=O)N1C. The van der Waals surface area contributed by atoms with Gasteiger partial charge in [0.2, 0.25) is 10.0 Å². The molecule has 0 aromatic heterocycles. The average molecular weight is 565 g/mol. The Labute approximate surface area is 234 Å². The maximum absolute atomic E-state index is 14.1. The maximum Gasteiger partial charge on any atom is 0.245 e. The van der Waals surface area contributed by atoms with Crippen LogP contribution in [0.25, 0.3) is 11.1 Å². The van der Waals surface area contributed by atoms with Crippen molar-refractivity contribution in [2.75, 3.05) is 18.5 Å². The van der Waals surface area contributed by atoms with Gasteiger partial charge in [-0.3, -0.25) is 0 Å². The van der Waals surface area contributed by atoms with Crippen LogP contribution in [0.15, 0.2) is 95.9 Å². The molecule has 0 spiro atoms. The number of anilines is 2. The minimum atomic E-state index is -3.89. The van der Waals surface area contributed by atoms with Crippen molar-refractivity contribution in [3.05, 3.63) is 102 Å². The number of halogens is 2. The Hall–Kier alpha value is -3.39. The highest BCUT2D eigenvalue weighted by Crippen LogP contribution is 2.45. The van der Waals surface area contributed by atoms with Crippen LogP contribution in [-0.4, -0.2) is 32.4 Å². The van der Waals surface area contributed by atoms with Crippen LogP contribution in [0.5, 0.6) is 11.5 Å². The molecule has 0 N–H and O–H groups in total. The Morgan fingerprint density at radius 3 is 2.36 bits per heavy atom. The zero-order chi connectivity index (χ0) is 27.7. The van der Waals surface area contributed by atoms with E-state index in [9.17, 15) is 12.8 Å². The number of ether oxygens (including phenoxy) is 1. The second-order valence-electron chi connectivity index (χ2n) is 10.1. The lowest BCUT2D eigenvalue weighted by Crippen LogP contribution is -2.41. The van der Waals surface area contributed by atoms with Crippen LogP contribution in [0.1, 0.15) is 20.3 Å². The van der Waals surface area contributed by atoms with Gasteiger partial charge in [-0.2, -0.15) is 4.31 Å². The van der Waals surface area contributed by atoms with E-state index < -0.39 is 10.0 Å². The highest BCUT2D eigenvalue weighted by molar-refractivity contribution is 7.89. The summed E-state index contributed by atoms with van der Waals surface area (Å²) < 4.78 is 49.9. The van der Waals surface area contributed by atoms with E-state index in [1.807, 2.05) is 35.2 Å². The average Bonchev–Trinajstić information content (AvgIpc) is 2.98. The van der Waals surface area contributed by atoms with Crippen molar-refractivity contribution in [2.24, 2.45) is 5.92 Å². The number of para-hydroxylation sites is 1. The summed E-state index contributed by atoms with van der Waals surface area (Å²) in [5.74, 6) is 0.847. The van der Waals surface area contributed by atoms with Crippen LogP contribution in [0.2, 0.25) is 5.02 Å². The van der Waals surface area contributed by atoms with Gasteiger partial charge < -0.3 is 9.64 Å². The van der Waals surface area contributed by atoms with E-state index in [0.717, 1.165) is 5.69 Å². The molecule has 0 aliphatic carbocycles. The van der Waals surface area contributed by atoms with Gasteiger partial charge in [0.15, 0.2) is 0 Å². The first-order chi connectivity index (χ1) is 18.6. The first-order valence-electron chi connectivity index (χ1n) is 12.8. The molecule has 1 heterocycles. The monoisotopic (exact) mass is 564 g/mol. The van der Waals surface area contributed by atoms with Gasteiger partial charge in [-0.1, -0.05) is 61.8 Å². The molecule has 0 amide bonds. The summed E-state index contributed by atoms with van der Waals surface area (Å²) in [5.41, 5.74) is 2.55. The molecule has 4 aromatic carbocycles. The smallest absolute Gasteiger partial charge is 0.245 e. The first-order valence-corrected chi connectivity index (χ1v) is 14.6. The molecule has 8 heteroatoms. The summed E-state index contributed by atoms with van der Waals surface area (Å²) >= 11 is 6.22. The zero-order valence-electron chi connectivity index (χ0n) is 22.0. The van der Waals surface area contributed by atoms with Crippen LogP contribution < -0.4 is 9.64 Å². The Morgan fingerprint density at radius 2 is 1.69 bits per heavy atom. The number of benzene rings is 4. The molecule has 0 radical (unpaired) electrons. The summed E-state index contributed by atoms with van der Waals surface area (Å²) in [6.45, 7) is 4.65. The molecule has 0 fully saturated rings. The van der Waals surface area contributed by atoms with E-state index in [2.05, 4.69) is 13.8 Å². The van der Waals surface area contributed by atoms with Gasteiger partial charge in [0.05, 0.1) is 5.69 Å². The molecule has 5 nitrogen and oxygen atoms in total. The highest BCUT2D eigenvalue weighted by atomic mass is 35.5. The van der Waals surface area contributed by atoms with Gasteiger partial charge in [-0.05, 0) is 66.4 Å². The summed E-state index contributed by atoms with van der Waals surface area (Å²) in [7, 11) is -2.24. The third-order valence-corrected chi connectivity index (χ3v) is 9.08. The fourth-order valence-electron chi connectivity index (χ4n) is 4.96. The van der Waals surface area contributed by atoms with Gasteiger partial charge in [-0.25, -0.2) is 12.8 Å². The zero-order valence-corrected chi connectivity index (χ0v) is 23.6. The molecule has 1 atom stereocenters. The molecule has 202 valence electrons. The molecule has 0 unspecified atom stereocenters. The number of hydrogen-bond acceptors (Lipinski definition) is 4. The van der Waals surface area contributed by atoms with Gasteiger partial charge in [0.1, 0.15) is 22.2 Å². The fraction of sp³-hybridized carbons (Fsp3) is 0.226. The van der Waals surface area contributed by atoms with Crippen LogP contribution in [-0.2, 0) is 10.0 Å². The van der Waals surface area contributed by atoms with Gasteiger partial charge in [-0.15, -0.1) is 0 Å². The van der Waals surface area contributed by atoms with Crippen molar-refractivity contribution in [2.45, 2.75) is 31.2 Å². The first kappa shape index (κ1) is 27.2. The molecular formula is C31H30ClFN2O3S. The minimum absolute atomic E-state index is 0.165. The molecular weight excluding hydrogens is 535 g/mol. The van der Waals surface area contributed by atoms with Gasteiger partial charge in [0.25, 0.3) is 0 Å². The van der Waals surface area contributed by atoms with Crippen molar-refractivity contribution in [3.8, 4) is 22.6 Å². The van der Waals surface area contributed by atoms with E-state index in [0.29, 0.717) is 52.2 Å². The number of fused-ring (bicyclic) bond motifs is 1. The second kappa shape index (κ2) is 11.0. The predicted octanol–water partition coefficient (Wildman–Crippen LogP) is 8.13. The van der Waals surface area contributed by atoms with E-state index in [1.165, 1.54) is 16.4 Å². The number of nitrogens with zero attached hydrogens (tertiary/aromatic N) is 2. The molecule has 39 heavy (non-hydrogen) atoms. The molecule has 0 bridgehead atoms. The topological polar surface area (TPSA) is 49.9 Å². The van der Waals surface area contributed by atoms with Crippen molar-refractivity contribution in [1.82, 2.24) is 4.31 Å². The van der Waals surface area contributed by atoms with Crippen molar-refractivity contribution < 1.29 is 17.5 Å². The third kappa shape index (κ3) is 5.66. The van der Waals surface area contributed by atoms with E-state index in [1.54, 1.807) is 55.6 Å². The number of sulfonamides is 1.